The lowest BCUT2D eigenvalue weighted by atomic mass is 9.94. The van der Waals surface area contributed by atoms with Gasteiger partial charge in [-0.3, -0.25) is 0 Å². The van der Waals surface area contributed by atoms with E-state index in [1.54, 1.807) is 0 Å². The van der Waals surface area contributed by atoms with Gasteiger partial charge in [0.2, 0.25) is 0 Å². The van der Waals surface area contributed by atoms with E-state index in [1.165, 1.54) is 12.7 Å². The Bertz CT molecular complexity index is 565. The monoisotopic (exact) mass is 259 g/mol. The van der Waals surface area contributed by atoms with Crippen LogP contribution in [0.1, 0.15) is 28.4 Å². The van der Waals surface area contributed by atoms with Crippen LogP contribution in [0.25, 0.3) is 0 Å². The Morgan fingerprint density at radius 1 is 1.42 bits per heavy atom. The van der Waals surface area contributed by atoms with Gasteiger partial charge in [0, 0.05) is 11.5 Å². The maximum absolute atomic E-state index is 11.7. The van der Waals surface area contributed by atoms with Crippen molar-refractivity contribution in [2.75, 3.05) is 13.2 Å². The molecule has 1 aromatic carbocycles. The van der Waals surface area contributed by atoms with Gasteiger partial charge >= 0.3 is 5.97 Å². The molecule has 2 aromatic rings. The van der Waals surface area contributed by atoms with Crippen LogP contribution in [0.3, 0.4) is 0 Å². The van der Waals surface area contributed by atoms with Crippen LogP contribution in [0.4, 0.5) is 0 Å². The summed E-state index contributed by atoms with van der Waals surface area (Å²) in [5, 5.41) is 0. The molecule has 1 atom stereocenters. The first-order chi connectivity index (χ1) is 9.34. The van der Waals surface area contributed by atoms with Crippen molar-refractivity contribution in [3.8, 4) is 5.75 Å². The molecule has 0 saturated heterocycles. The SMILES string of the molecule is O=C(OCC1CCOc2ccccc21)c1cocn1. The molecule has 0 bridgehead atoms. The van der Waals surface area contributed by atoms with E-state index in [9.17, 15) is 4.79 Å². The Labute approximate surface area is 110 Å². The number of nitrogens with zero attached hydrogens (tertiary/aromatic N) is 1. The number of carbonyl (C=O) groups is 1. The van der Waals surface area contributed by atoms with Gasteiger partial charge in [-0.1, -0.05) is 18.2 Å². The first-order valence-corrected chi connectivity index (χ1v) is 6.11. The van der Waals surface area contributed by atoms with Crippen LogP contribution < -0.4 is 4.74 Å². The first-order valence-electron chi connectivity index (χ1n) is 6.11. The molecule has 0 N–H and O–H groups in total. The second-order valence-electron chi connectivity index (χ2n) is 4.34. The number of esters is 1. The van der Waals surface area contributed by atoms with Gasteiger partial charge in [-0.2, -0.15) is 0 Å². The van der Waals surface area contributed by atoms with Crippen molar-refractivity contribution in [2.45, 2.75) is 12.3 Å². The maximum atomic E-state index is 11.7. The lowest BCUT2D eigenvalue weighted by Gasteiger charge is -2.25. The molecular weight excluding hydrogens is 246 g/mol. The molecule has 1 aliphatic heterocycles. The van der Waals surface area contributed by atoms with Crippen molar-refractivity contribution in [1.82, 2.24) is 4.98 Å². The number of oxazole rings is 1. The number of rotatable bonds is 3. The minimum Gasteiger partial charge on any atom is -0.493 e. The number of para-hydroxylation sites is 1. The second-order valence-corrected chi connectivity index (χ2v) is 4.34. The summed E-state index contributed by atoms with van der Waals surface area (Å²) in [4.78, 5) is 15.4. The zero-order valence-electron chi connectivity index (χ0n) is 10.2. The Morgan fingerprint density at radius 3 is 3.16 bits per heavy atom. The molecule has 0 saturated carbocycles. The van der Waals surface area contributed by atoms with Gasteiger partial charge < -0.3 is 13.9 Å². The van der Waals surface area contributed by atoms with Gasteiger partial charge in [0.1, 0.15) is 12.0 Å². The summed E-state index contributed by atoms with van der Waals surface area (Å²) >= 11 is 0. The van der Waals surface area contributed by atoms with Crippen molar-refractivity contribution in [1.29, 1.82) is 0 Å². The third-order valence-corrected chi connectivity index (χ3v) is 3.14. The van der Waals surface area contributed by atoms with Crippen molar-refractivity contribution >= 4 is 5.97 Å². The van der Waals surface area contributed by atoms with Crippen LogP contribution in [0.2, 0.25) is 0 Å². The Balaban J connectivity index is 1.67. The average molecular weight is 259 g/mol. The molecule has 0 amide bonds. The summed E-state index contributed by atoms with van der Waals surface area (Å²) in [6.07, 6.45) is 3.32. The summed E-state index contributed by atoms with van der Waals surface area (Å²) in [6.45, 7) is 0.968. The highest BCUT2D eigenvalue weighted by Gasteiger charge is 2.23. The molecule has 5 nitrogen and oxygen atoms in total. The van der Waals surface area contributed by atoms with E-state index in [1.807, 2.05) is 24.3 Å². The Morgan fingerprint density at radius 2 is 2.32 bits per heavy atom. The highest BCUT2D eigenvalue weighted by atomic mass is 16.5. The lowest BCUT2D eigenvalue weighted by Crippen LogP contribution is -2.20. The molecule has 1 aromatic heterocycles. The zero-order valence-corrected chi connectivity index (χ0v) is 10.2. The van der Waals surface area contributed by atoms with Crippen molar-refractivity contribution in [3.05, 3.63) is 48.2 Å². The fraction of sp³-hybridized carbons (Fsp3) is 0.286. The standard InChI is InChI=1S/C14H13NO4/c16-14(12-8-17-9-15-12)19-7-10-5-6-18-13-4-2-1-3-11(10)13/h1-4,8-10H,5-7H2. The van der Waals surface area contributed by atoms with E-state index >= 15 is 0 Å². The fourth-order valence-electron chi connectivity index (χ4n) is 2.15. The summed E-state index contributed by atoms with van der Waals surface area (Å²) in [5.74, 6) is 0.578. The highest BCUT2D eigenvalue weighted by molar-refractivity contribution is 5.86. The number of fused-ring (bicyclic) bond motifs is 1. The largest absolute Gasteiger partial charge is 0.493 e. The van der Waals surface area contributed by atoms with Crippen LogP contribution >= 0.6 is 0 Å². The van der Waals surface area contributed by atoms with E-state index in [-0.39, 0.29) is 11.6 Å². The van der Waals surface area contributed by atoms with Gasteiger partial charge in [0.25, 0.3) is 0 Å². The molecule has 2 heterocycles. The second kappa shape index (κ2) is 5.14. The molecule has 3 rings (SSSR count). The minimum absolute atomic E-state index is 0.167. The predicted molar refractivity (Wildman–Crippen MR) is 66.1 cm³/mol. The summed E-state index contributed by atoms with van der Waals surface area (Å²) in [7, 11) is 0. The molecule has 0 spiro atoms. The minimum atomic E-state index is -0.460. The van der Waals surface area contributed by atoms with Gasteiger partial charge in [-0.05, 0) is 12.5 Å². The molecule has 0 aliphatic carbocycles. The van der Waals surface area contributed by atoms with E-state index in [0.717, 1.165) is 17.7 Å². The van der Waals surface area contributed by atoms with Crippen LogP contribution in [0.15, 0.2) is 41.3 Å². The van der Waals surface area contributed by atoms with Crippen LogP contribution in [0, 0.1) is 0 Å². The topological polar surface area (TPSA) is 61.6 Å². The summed E-state index contributed by atoms with van der Waals surface area (Å²) in [5.41, 5.74) is 1.28. The van der Waals surface area contributed by atoms with Crippen molar-refractivity contribution in [2.24, 2.45) is 0 Å². The number of hydrogen-bond donors (Lipinski definition) is 0. The molecule has 5 heteroatoms. The number of aromatic nitrogens is 1. The van der Waals surface area contributed by atoms with E-state index in [2.05, 4.69) is 4.98 Å². The lowest BCUT2D eigenvalue weighted by molar-refractivity contribution is 0.0452. The van der Waals surface area contributed by atoms with E-state index in [4.69, 9.17) is 13.9 Å². The molecular formula is C14H13NO4. The van der Waals surface area contributed by atoms with E-state index in [0.29, 0.717) is 13.2 Å². The van der Waals surface area contributed by atoms with Gasteiger partial charge in [-0.15, -0.1) is 0 Å². The van der Waals surface area contributed by atoms with Crippen LogP contribution in [-0.2, 0) is 4.74 Å². The summed E-state index contributed by atoms with van der Waals surface area (Å²) in [6, 6.07) is 7.83. The van der Waals surface area contributed by atoms with Crippen molar-refractivity contribution < 1.29 is 18.7 Å². The first kappa shape index (κ1) is 11.8. The quantitative estimate of drug-likeness (QED) is 0.792. The number of hydrogen-bond acceptors (Lipinski definition) is 5. The number of benzene rings is 1. The smallest absolute Gasteiger partial charge is 0.360 e. The third-order valence-electron chi connectivity index (χ3n) is 3.14. The van der Waals surface area contributed by atoms with Gasteiger partial charge in [0.05, 0.1) is 13.2 Å². The average Bonchev–Trinajstić information content (AvgIpc) is 2.99. The van der Waals surface area contributed by atoms with E-state index < -0.39 is 5.97 Å². The van der Waals surface area contributed by atoms with Crippen LogP contribution in [-0.4, -0.2) is 24.2 Å². The fourth-order valence-corrected chi connectivity index (χ4v) is 2.15. The molecule has 0 fully saturated rings. The number of ether oxygens (including phenoxy) is 2. The highest BCUT2D eigenvalue weighted by Crippen LogP contribution is 2.33. The third kappa shape index (κ3) is 2.45. The molecule has 19 heavy (non-hydrogen) atoms. The van der Waals surface area contributed by atoms with Gasteiger partial charge in [0.15, 0.2) is 12.1 Å². The Kier molecular flexibility index (Phi) is 3.18. The van der Waals surface area contributed by atoms with Gasteiger partial charge in [-0.25, -0.2) is 9.78 Å². The Hall–Kier alpha value is -2.30. The zero-order chi connectivity index (χ0) is 13.1. The normalized spacial score (nSPS) is 17.4. The van der Waals surface area contributed by atoms with Crippen LogP contribution in [0.5, 0.6) is 5.75 Å². The molecule has 1 aliphatic rings. The summed E-state index contributed by atoms with van der Waals surface area (Å²) < 4.78 is 15.6. The maximum Gasteiger partial charge on any atom is 0.360 e. The van der Waals surface area contributed by atoms with Crippen molar-refractivity contribution in [3.63, 3.8) is 0 Å². The molecule has 98 valence electrons. The number of carbonyl (C=O) groups excluding carboxylic acids is 1. The molecule has 1 unspecified atom stereocenters. The molecule has 0 radical (unpaired) electrons. The predicted octanol–water partition coefficient (Wildman–Crippen LogP) is 2.40.